The van der Waals surface area contributed by atoms with Crippen LogP contribution in [0, 0.1) is 29.6 Å². The van der Waals surface area contributed by atoms with Gasteiger partial charge in [-0.1, -0.05) is 31.3 Å². The number of rotatable bonds is 20. The van der Waals surface area contributed by atoms with Crippen LogP contribution in [0.2, 0.25) is 0 Å². The summed E-state index contributed by atoms with van der Waals surface area (Å²) >= 11 is 0. The molecule has 3 saturated carbocycles. The van der Waals surface area contributed by atoms with Crippen molar-refractivity contribution < 1.29 is 42.4 Å². The van der Waals surface area contributed by atoms with E-state index < -0.39 is 6.17 Å². The third-order valence-corrected chi connectivity index (χ3v) is 10.8. The van der Waals surface area contributed by atoms with Gasteiger partial charge in [-0.3, -0.25) is 4.79 Å². The van der Waals surface area contributed by atoms with Crippen molar-refractivity contribution in [2.75, 3.05) is 33.0 Å². The SMILES string of the molecule is C=CC(=O)OCCCCCCOC1CCC(C(=O)OCCCCCCOC2CCC(C#CC3CCC(OC4CCCCO4)C(F)C3)CC2)CC1. The molecule has 284 valence electrons. The Bertz CT molecular complexity index is 1020. The molecule has 0 aromatic heterocycles. The van der Waals surface area contributed by atoms with Crippen LogP contribution in [0.25, 0.3) is 0 Å². The first kappa shape index (κ1) is 40.8. The lowest BCUT2D eigenvalue weighted by Gasteiger charge is -2.33. The lowest BCUT2D eigenvalue weighted by molar-refractivity contribution is -0.206. The van der Waals surface area contributed by atoms with Crippen LogP contribution in [0.15, 0.2) is 12.7 Å². The average Bonchev–Trinajstić information content (AvgIpc) is 3.14. The Kier molecular flexibility index (Phi) is 19.8. The molecule has 0 spiro atoms. The van der Waals surface area contributed by atoms with Gasteiger partial charge in [0.2, 0.25) is 0 Å². The summed E-state index contributed by atoms with van der Waals surface area (Å²) in [6, 6.07) is 0. The number of unbranched alkanes of at least 4 members (excludes halogenated alkanes) is 6. The normalized spacial score (nSPS) is 30.1. The van der Waals surface area contributed by atoms with Crippen LogP contribution >= 0.6 is 0 Å². The summed E-state index contributed by atoms with van der Waals surface area (Å²) in [4.78, 5) is 23.6. The van der Waals surface area contributed by atoms with Crippen LogP contribution in [-0.4, -0.2) is 75.7 Å². The smallest absolute Gasteiger partial charge is 0.330 e. The highest BCUT2D eigenvalue weighted by molar-refractivity contribution is 5.81. The summed E-state index contributed by atoms with van der Waals surface area (Å²) in [6.45, 7) is 6.59. The Morgan fingerprint density at radius 2 is 1.26 bits per heavy atom. The standard InChI is InChI=1S/C41H65FO8/c1-2-39(43)47-28-10-5-3-8-27-46-36-23-19-34(20-24-36)41(44)49-30-11-6-4-9-26-45-35-21-16-32(17-22-35)14-15-33-18-25-38(37(42)31-33)50-40-13-7-12-29-48-40/h2,32-38,40H,1,3-13,16-31H2. The van der Waals surface area contributed by atoms with Gasteiger partial charge in [0.05, 0.1) is 37.4 Å². The second-order valence-electron chi connectivity index (χ2n) is 14.8. The van der Waals surface area contributed by atoms with Crippen LogP contribution in [0.1, 0.15) is 141 Å². The predicted molar refractivity (Wildman–Crippen MR) is 191 cm³/mol. The summed E-state index contributed by atoms with van der Waals surface area (Å²) in [5.41, 5.74) is 0. The third-order valence-electron chi connectivity index (χ3n) is 10.8. The number of ether oxygens (including phenoxy) is 6. The van der Waals surface area contributed by atoms with E-state index in [1.807, 2.05) is 0 Å². The fourth-order valence-corrected chi connectivity index (χ4v) is 7.60. The van der Waals surface area contributed by atoms with Crippen molar-refractivity contribution in [3.63, 3.8) is 0 Å². The van der Waals surface area contributed by atoms with E-state index in [-0.39, 0.29) is 42.3 Å². The molecule has 0 amide bonds. The van der Waals surface area contributed by atoms with Crippen LogP contribution in [-0.2, 0) is 38.0 Å². The van der Waals surface area contributed by atoms with Gasteiger partial charge in [0.15, 0.2) is 6.29 Å². The molecule has 1 heterocycles. The van der Waals surface area contributed by atoms with Crippen molar-refractivity contribution in [3.05, 3.63) is 12.7 Å². The number of halogens is 1. The molecule has 4 fully saturated rings. The predicted octanol–water partition coefficient (Wildman–Crippen LogP) is 8.58. The quantitative estimate of drug-likeness (QED) is 0.0539. The molecule has 1 aliphatic heterocycles. The molecule has 4 rings (SSSR count). The van der Waals surface area contributed by atoms with E-state index in [1.54, 1.807) is 0 Å². The minimum absolute atomic E-state index is 0.00632. The minimum Gasteiger partial charge on any atom is -0.465 e. The lowest BCUT2D eigenvalue weighted by atomic mass is 9.84. The Morgan fingerprint density at radius 1 is 0.680 bits per heavy atom. The second-order valence-corrected chi connectivity index (χ2v) is 14.8. The van der Waals surface area contributed by atoms with Crippen molar-refractivity contribution in [2.45, 2.75) is 172 Å². The van der Waals surface area contributed by atoms with E-state index in [0.29, 0.717) is 31.7 Å². The molecule has 50 heavy (non-hydrogen) atoms. The van der Waals surface area contributed by atoms with E-state index in [2.05, 4.69) is 18.4 Å². The average molecular weight is 705 g/mol. The van der Waals surface area contributed by atoms with Crippen LogP contribution in [0.5, 0.6) is 0 Å². The van der Waals surface area contributed by atoms with E-state index in [9.17, 15) is 14.0 Å². The molecule has 0 aromatic carbocycles. The topological polar surface area (TPSA) is 89.5 Å². The molecule has 9 heteroatoms. The first-order valence-corrected chi connectivity index (χ1v) is 20.1. The first-order valence-electron chi connectivity index (χ1n) is 20.1. The monoisotopic (exact) mass is 704 g/mol. The summed E-state index contributed by atoms with van der Waals surface area (Å²) in [7, 11) is 0. The molecular weight excluding hydrogens is 639 g/mol. The highest BCUT2D eigenvalue weighted by Gasteiger charge is 2.33. The first-order chi connectivity index (χ1) is 24.5. The van der Waals surface area contributed by atoms with Gasteiger partial charge < -0.3 is 28.4 Å². The summed E-state index contributed by atoms with van der Waals surface area (Å²) in [6.07, 6.45) is 21.1. The Morgan fingerprint density at radius 3 is 1.86 bits per heavy atom. The van der Waals surface area contributed by atoms with E-state index >= 15 is 0 Å². The molecule has 4 atom stereocenters. The lowest BCUT2D eigenvalue weighted by Crippen LogP contribution is -2.37. The maximum atomic E-state index is 14.8. The van der Waals surface area contributed by atoms with Crippen LogP contribution < -0.4 is 0 Å². The highest BCUT2D eigenvalue weighted by atomic mass is 19.1. The molecule has 4 unspecified atom stereocenters. The Labute approximate surface area is 301 Å². The van der Waals surface area contributed by atoms with Gasteiger partial charge in [-0.25, -0.2) is 9.18 Å². The molecule has 0 N–H and O–H groups in total. The molecule has 8 nitrogen and oxygen atoms in total. The summed E-state index contributed by atoms with van der Waals surface area (Å²) < 4.78 is 49.2. The van der Waals surface area contributed by atoms with Crippen LogP contribution in [0.4, 0.5) is 4.39 Å². The zero-order chi connectivity index (χ0) is 35.2. The maximum absolute atomic E-state index is 14.8. The van der Waals surface area contributed by atoms with Gasteiger partial charge in [0.25, 0.3) is 0 Å². The van der Waals surface area contributed by atoms with Gasteiger partial charge in [-0.15, -0.1) is 0 Å². The van der Waals surface area contributed by atoms with Crippen molar-refractivity contribution in [1.29, 1.82) is 0 Å². The number of hydrogen-bond acceptors (Lipinski definition) is 8. The molecule has 0 radical (unpaired) electrons. The summed E-state index contributed by atoms with van der Waals surface area (Å²) in [5, 5.41) is 0. The molecule has 0 aromatic rings. The maximum Gasteiger partial charge on any atom is 0.330 e. The van der Waals surface area contributed by atoms with Crippen LogP contribution in [0.3, 0.4) is 0 Å². The minimum atomic E-state index is -0.952. The van der Waals surface area contributed by atoms with Gasteiger partial charge in [0, 0.05) is 37.7 Å². The van der Waals surface area contributed by atoms with Gasteiger partial charge in [0.1, 0.15) is 6.17 Å². The van der Waals surface area contributed by atoms with E-state index in [4.69, 9.17) is 28.4 Å². The number of carbonyl (C=O) groups excluding carboxylic acids is 2. The fourth-order valence-electron chi connectivity index (χ4n) is 7.60. The van der Waals surface area contributed by atoms with Gasteiger partial charge in [-0.2, -0.15) is 0 Å². The molecule has 0 bridgehead atoms. The van der Waals surface area contributed by atoms with E-state index in [0.717, 1.165) is 155 Å². The number of esters is 2. The number of alkyl halides is 1. The number of hydrogen-bond donors (Lipinski definition) is 0. The Hall–Kier alpha value is -1.99. The van der Waals surface area contributed by atoms with Crippen molar-refractivity contribution in [2.24, 2.45) is 17.8 Å². The van der Waals surface area contributed by atoms with Crippen molar-refractivity contribution >= 4 is 11.9 Å². The molecule has 3 aliphatic carbocycles. The third kappa shape index (κ3) is 16.1. The second kappa shape index (κ2) is 24.3. The van der Waals surface area contributed by atoms with E-state index in [1.165, 1.54) is 6.08 Å². The van der Waals surface area contributed by atoms with Gasteiger partial charge in [-0.05, 0) is 128 Å². The fraction of sp³-hybridized carbons (Fsp3) is 0.854. The highest BCUT2D eigenvalue weighted by Crippen LogP contribution is 2.32. The largest absolute Gasteiger partial charge is 0.465 e. The van der Waals surface area contributed by atoms with Gasteiger partial charge >= 0.3 is 11.9 Å². The van der Waals surface area contributed by atoms with Crippen molar-refractivity contribution in [1.82, 2.24) is 0 Å². The molecule has 1 saturated heterocycles. The zero-order valence-corrected chi connectivity index (χ0v) is 30.6. The van der Waals surface area contributed by atoms with Crippen molar-refractivity contribution in [3.8, 4) is 11.8 Å². The molecular formula is C41H65FO8. The Balaban J connectivity index is 0.917. The molecule has 4 aliphatic rings. The number of carbonyl (C=O) groups is 2. The zero-order valence-electron chi connectivity index (χ0n) is 30.6. The summed E-state index contributed by atoms with van der Waals surface area (Å²) in [5.74, 6) is 7.04.